The van der Waals surface area contributed by atoms with Crippen molar-refractivity contribution in [1.82, 2.24) is 10.2 Å². The van der Waals surface area contributed by atoms with Gasteiger partial charge in [0.15, 0.2) is 5.11 Å². The predicted octanol–water partition coefficient (Wildman–Crippen LogP) is 3.95. The SMILES string of the molecule is CC1CCN(C(=O)c2cccc(NC(=S)NC(=O)CC3CCCC3)c2)CC1. The van der Waals surface area contributed by atoms with Gasteiger partial charge in [-0.15, -0.1) is 0 Å². The van der Waals surface area contributed by atoms with Crippen LogP contribution in [0.15, 0.2) is 24.3 Å². The Labute approximate surface area is 166 Å². The second-order valence-corrected chi connectivity index (χ2v) is 8.32. The molecule has 2 amide bonds. The molecule has 1 heterocycles. The average molecular weight is 388 g/mol. The molecule has 2 N–H and O–H groups in total. The number of carbonyl (C=O) groups excluding carboxylic acids is 2. The normalized spacial score (nSPS) is 18.3. The van der Waals surface area contributed by atoms with Gasteiger partial charge in [-0.25, -0.2) is 0 Å². The molecule has 6 heteroatoms. The summed E-state index contributed by atoms with van der Waals surface area (Å²) in [5.41, 5.74) is 1.37. The highest BCUT2D eigenvalue weighted by Gasteiger charge is 2.22. The number of rotatable bonds is 4. The lowest BCUT2D eigenvalue weighted by atomic mass is 9.98. The van der Waals surface area contributed by atoms with Crippen LogP contribution in [0.1, 0.15) is 62.2 Å². The Bertz CT molecular complexity index is 692. The van der Waals surface area contributed by atoms with E-state index in [2.05, 4.69) is 17.6 Å². The minimum atomic E-state index is -0.0333. The third-order valence-electron chi connectivity index (χ3n) is 5.64. The highest BCUT2D eigenvalue weighted by molar-refractivity contribution is 7.80. The van der Waals surface area contributed by atoms with E-state index >= 15 is 0 Å². The zero-order chi connectivity index (χ0) is 19.2. The molecular weight excluding hydrogens is 358 g/mol. The van der Waals surface area contributed by atoms with Crippen LogP contribution in [-0.2, 0) is 4.79 Å². The zero-order valence-electron chi connectivity index (χ0n) is 16.0. The molecule has 1 aliphatic heterocycles. The van der Waals surface area contributed by atoms with Crippen LogP contribution in [0.5, 0.6) is 0 Å². The van der Waals surface area contributed by atoms with Crippen molar-refractivity contribution in [2.24, 2.45) is 11.8 Å². The standard InChI is InChI=1S/C21H29N3O2S/c1-15-9-11-24(12-10-15)20(26)17-7-4-8-18(14-17)22-21(27)23-19(25)13-16-5-2-3-6-16/h4,7-8,14-16H,2-3,5-6,9-13H2,1H3,(H2,22,23,25,27). The second-order valence-electron chi connectivity index (χ2n) is 7.91. The molecule has 1 saturated carbocycles. The summed E-state index contributed by atoms with van der Waals surface area (Å²) in [6.45, 7) is 3.86. The molecule has 3 rings (SSSR count). The van der Waals surface area contributed by atoms with E-state index in [0.717, 1.165) is 44.5 Å². The van der Waals surface area contributed by atoms with Gasteiger partial charge in [0.2, 0.25) is 5.91 Å². The van der Waals surface area contributed by atoms with Crippen LogP contribution < -0.4 is 10.6 Å². The summed E-state index contributed by atoms with van der Waals surface area (Å²) in [6, 6.07) is 7.32. The number of likely N-dealkylation sites (tertiary alicyclic amines) is 1. The number of anilines is 1. The molecule has 2 aliphatic rings. The molecule has 0 atom stereocenters. The van der Waals surface area contributed by atoms with Gasteiger partial charge in [-0.1, -0.05) is 25.8 Å². The van der Waals surface area contributed by atoms with Gasteiger partial charge in [0, 0.05) is 30.8 Å². The number of carbonyl (C=O) groups is 2. The molecule has 0 radical (unpaired) electrons. The summed E-state index contributed by atoms with van der Waals surface area (Å²) in [5, 5.41) is 6.08. The monoisotopic (exact) mass is 387 g/mol. The molecule has 146 valence electrons. The molecule has 5 nitrogen and oxygen atoms in total. The summed E-state index contributed by atoms with van der Waals surface area (Å²) < 4.78 is 0. The lowest BCUT2D eigenvalue weighted by molar-refractivity contribution is -0.120. The molecule has 27 heavy (non-hydrogen) atoms. The van der Waals surface area contributed by atoms with E-state index in [9.17, 15) is 9.59 Å². The number of amides is 2. The lowest BCUT2D eigenvalue weighted by Gasteiger charge is -2.30. The van der Waals surface area contributed by atoms with Crippen molar-refractivity contribution in [1.29, 1.82) is 0 Å². The van der Waals surface area contributed by atoms with Crippen LogP contribution in [-0.4, -0.2) is 34.9 Å². The third kappa shape index (κ3) is 5.76. The summed E-state index contributed by atoms with van der Waals surface area (Å²) in [5.74, 6) is 1.20. The smallest absolute Gasteiger partial charge is 0.253 e. The fourth-order valence-electron chi connectivity index (χ4n) is 3.94. The maximum atomic E-state index is 12.7. The minimum absolute atomic E-state index is 0.0333. The topological polar surface area (TPSA) is 61.4 Å². The number of benzene rings is 1. The number of thiocarbonyl (C=S) groups is 1. The number of piperidine rings is 1. The molecular formula is C21H29N3O2S. The summed E-state index contributed by atoms with van der Waals surface area (Å²) in [6.07, 6.45) is 7.35. The Balaban J connectivity index is 1.52. The molecule has 1 aromatic carbocycles. The molecule has 2 fully saturated rings. The fraction of sp³-hybridized carbons (Fsp3) is 0.571. The van der Waals surface area contributed by atoms with E-state index in [4.69, 9.17) is 12.2 Å². The van der Waals surface area contributed by atoms with E-state index in [1.807, 2.05) is 23.1 Å². The molecule has 0 bridgehead atoms. The molecule has 0 aromatic heterocycles. The summed E-state index contributed by atoms with van der Waals surface area (Å²) in [7, 11) is 0. The zero-order valence-corrected chi connectivity index (χ0v) is 16.8. The minimum Gasteiger partial charge on any atom is -0.339 e. The number of hydrogen-bond donors (Lipinski definition) is 2. The molecule has 1 saturated heterocycles. The van der Waals surface area contributed by atoms with Gasteiger partial charge in [0.1, 0.15) is 0 Å². The van der Waals surface area contributed by atoms with Crippen molar-refractivity contribution in [3.63, 3.8) is 0 Å². The Morgan fingerprint density at radius 1 is 1.15 bits per heavy atom. The van der Waals surface area contributed by atoms with Crippen molar-refractivity contribution >= 4 is 34.8 Å². The van der Waals surface area contributed by atoms with Gasteiger partial charge < -0.3 is 15.5 Å². The summed E-state index contributed by atoms with van der Waals surface area (Å²) in [4.78, 5) is 26.7. The maximum absolute atomic E-state index is 12.7. The van der Waals surface area contributed by atoms with Crippen LogP contribution >= 0.6 is 12.2 Å². The Morgan fingerprint density at radius 2 is 1.85 bits per heavy atom. The van der Waals surface area contributed by atoms with Gasteiger partial charge in [-0.2, -0.15) is 0 Å². The van der Waals surface area contributed by atoms with E-state index in [-0.39, 0.29) is 16.9 Å². The van der Waals surface area contributed by atoms with Crippen molar-refractivity contribution < 1.29 is 9.59 Å². The Morgan fingerprint density at radius 3 is 2.56 bits per heavy atom. The lowest BCUT2D eigenvalue weighted by Crippen LogP contribution is -2.38. The summed E-state index contributed by atoms with van der Waals surface area (Å²) >= 11 is 5.26. The first-order chi connectivity index (χ1) is 13.0. The number of nitrogens with one attached hydrogen (secondary N) is 2. The van der Waals surface area contributed by atoms with Crippen LogP contribution in [0.2, 0.25) is 0 Å². The van der Waals surface area contributed by atoms with Crippen molar-refractivity contribution in [2.75, 3.05) is 18.4 Å². The average Bonchev–Trinajstić information content (AvgIpc) is 3.14. The molecule has 0 unspecified atom stereocenters. The van der Waals surface area contributed by atoms with Crippen molar-refractivity contribution in [3.8, 4) is 0 Å². The first kappa shape index (κ1) is 19.8. The van der Waals surface area contributed by atoms with Crippen molar-refractivity contribution in [3.05, 3.63) is 29.8 Å². The van der Waals surface area contributed by atoms with Crippen molar-refractivity contribution in [2.45, 2.75) is 51.9 Å². The van der Waals surface area contributed by atoms with Gasteiger partial charge >= 0.3 is 0 Å². The van der Waals surface area contributed by atoms with E-state index in [1.54, 1.807) is 6.07 Å². The van der Waals surface area contributed by atoms with Crippen LogP contribution in [0.25, 0.3) is 0 Å². The largest absolute Gasteiger partial charge is 0.339 e. The highest BCUT2D eigenvalue weighted by Crippen LogP contribution is 2.27. The first-order valence-electron chi connectivity index (χ1n) is 10.0. The molecule has 0 spiro atoms. The van der Waals surface area contributed by atoms with Crippen LogP contribution in [0.3, 0.4) is 0 Å². The van der Waals surface area contributed by atoms with Gasteiger partial charge in [0.05, 0.1) is 0 Å². The Hall–Kier alpha value is -1.95. The van der Waals surface area contributed by atoms with E-state index in [1.165, 1.54) is 12.8 Å². The number of nitrogens with zero attached hydrogens (tertiary/aromatic N) is 1. The van der Waals surface area contributed by atoms with Gasteiger partial charge in [0.25, 0.3) is 5.91 Å². The molecule has 1 aliphatic carbocycles. The first-order valence-corrected chi connectivity index (χ1v) is 10.4. The van der Waals surface area contributed by atoms with Gasteiger partial charge in [-0.05, 0) is 67.9 Å². The Kier molecular flexibility index (Phi) is 6.83. The quantitative estimate of drug-likeness (QED) is 0.768. The van der Waals surface area contributed by atoms with Crippen LogP contribution in [0, 0.1) is 11.8 Å². The highest BCUT2D eigenvalue weighted by atomic mass is 32.1. The van der Waals surface area contributed by atoms with Crippen LogP contribution in [0.4, 0.5) is 5.69 Å². The fourth-order valence-corrected chi connectivity index (χ4v) is 4.17. The predicted molar refractivity (Wildman–Crippen MR) is 112 cm³/mol. The second kappa shape index (κ2) is 9.31. The van der Waals surface area contributed by atoms with E-state index < -0.39 is 0 Å². The molecule has 1 aromatic rings. The van der Waals surface area contributed by atoms with E-state index in [0.29, 0.717) is 23.8 Å². The van der Waals surface area contributed by atoms with Gasteiger partial charge in [-0.3, -0.25) is 9.59 Å². The number of hydrogen-bond acceptors (Lipinski definition) is 3. The third-order valence-corrected chi connectivity index (χ3v) is 5.84. The maximum Gasteiger partial charge on any atom is 0.253 e.